The molecule has 1 atom stereocenters. The summed E-state index contributed by atoms with van der Waals surface area (Å²) in [5.74, 6) is -0.172. The third-order valence-electron chi connectivity index (χ3n) is 4.00. The molecule has 1 aliphatic heterocycles. The van der Waals surface area contributed by atoms with Crippen LogP contribution in [0.2, 0.25) is 0 Å². The number of nitrogens with zero attached hydrogens (tertiary/aromatic N) is 3. The van der Waals surface area contributed by atoms with Gasteiger partial charge in [0.05, 0.1) is 11.8 Å². The quantitative estimate of drug-likeness (QED) is 0.879. The first-order valence-electron chi connectivity index (χ1n) is 7.40. The monoisotopic (exact) mass is 374 g/mol. The minimum Gasteiger partial charge on any atom is -0.337 e. The number of imidazole rings is 1. The van der Waals surface area contributed by atoms with Crippen LogP contribution in [0, 0.1) is 5.82 Å². The van der Waals surface area contributed by atoms with Gasteiger partial charge in [0, 0.05) is 44.6 Å². The zero-order chi connectivity index (χ0) is 16.4. The van der Waals surface area contributed by atoms with Gasteiger partial charge < -0.3 is 9.88 Å². The summed E-state index contributed by atoms with van der Waals surface area (Å²) >= 11 is 0. The second-order valence-corrected chi connectivity index (χ2v) is 7.50. The molecule has 1 aliphatic rings. The predicted octanol–water partition coefficient (Wildman–Crippen LogP) is 1.46. The average Bonchev–Trinajstić information content (AvgIpc) is 2.95. The van der Waals surface area contributed by atoms with Crippen molar-refractivity contribution in [1.29, 1.82) is 0 Å². The lowest BCUT2D eigenvalue weighted by Crippen LogP contribution is -2.49. The molecule has 2 aromatic rings. The third-order valence-corrected chi connectivity index (χ3v) is 5.83. The van der Waals surface area contributed by atoms with Gasteiger partial charge >= 0.3 is 0 Å². The molecule has 0 radical (unpaired) electrons. The highest BCUT2D eigenvalue weighted by atomic mass is 35.5. The number of hydrogen-bond donors (Lipinski definition) is 1. The average molecular weight is 375 g/mol. The van der Waals surface area contributed by atoms with Crippen molar-refractivity contribution in [1.82, 2.24) is 19.2 Å². The van der Waals surface area contributed by atoms with E-state index in [1.54, 1.807) is 24.5 Å². The Morgan fingerprint density at radius 2 is 2.12 bits per heavy atom. The van der Waals surface area contributed by atoms with Gasteiger partial charge in [-0.1, -0.05) is 18.2 Å². The van der Waals surface area contributed by atoms with Crippen molar-refractivity contribution in [2.45, 2.75) is 11.8 Å². The van der Waals surface area contributed by atoms with Gasteiger partial charge in [-0.15, -0.1) is 12.4 Å². The summed E-state index contributed by atoms with van der Waals surface area (Å²) in [6, 6.07) is 5.58. The Kier molecular flexibility index (Phi) is 5.97. The second kappa shape index (κ2) is 7.60. The van der Waals surface area contributed by atoms with Crippen LogP contribution in [0.1, 0.15) is 17.4 Å². The molecule has 0 spiro atoms. The maximum atomic E-state index is 13.8. The van der Waals surface area contributed by atoms with E-state index in [4.69, 9.17) is 0 Å². The molecule has 1 saturated heterocycles. The van der Waals surface area contributed by atoms with Crippen LogP contribution in [0.25, 0.3) is 0 Å². The Labute approximate surface area is 147 Å². The Morgan fingerprint density at radius 3 is 2.79 bits per heavy atom. The summed E-state index contributed by atoms with van der Waals surface area (Å²) in [6.07, 6.45) is 3.43. The highest BCUT2D eigenvalue weighted by molar-refractivity contribution is 7.88. The van der Waals surface area contributed by atoms with Gasteiger partial charge in [0.15, 0.2) is 0 Å². The smallest absolute Gasteiger partial charge is 0.219 e. The molecule has 3 rings (SSSR count). The van der Waals surface area contributed by atoms with Crippen molar-refractivity contribution < 1.29 is 12.8 Å². The Hall–Kier alpha value is -1.48. The first-order chi connectivity index (χ1) is 11.0. The lowest BCUT2D eigenvalue weighted by atomic mass is 10.2. The molecule has 132 valence electrons. The topological polar surface area (TPSA) is 67.2 Å². The molecule has 9 heteroatoms. The maximum Gasteiger partial charge on any atom is 0.219 e. The van der Waals surface area contributed by atoms with Gasteiger partial charge in [-0.2, -0.15) is 4.31 Å². The number of piperazine rings is 1. The molecule has 0 aliphatic carbocycles. The molecule has 0 bridgehead atoms. The fourth-order valence-corrected chi connectivity index (χ4v) is 4.55. The minimum atomic E-state index is -3.65. The summed E-state index contributed by atoms with van der Waals surface area (Å²) in [7, 11) is -1.82. The van der Waals surface area contributed by atoms with Gasteiger partial charge in [-0.25, -0.2) is 17.8 Å². The lowest BCUT2D eigenvalue weighted by molar-refractivity contribution is 0.258. The number of rotatable bonds is 4. The molecular formula is C15H20ClFN4O2S. The largest absolute Gasteiger partial charge is 0.337 e. The van der Waals surface area contributed by atoms with E-state index < -0.39 is 15.8 Å². The first-order valence-corrected chi connectivity index (χ1v) is 9.01. The van der Waals surface area contributed by atoms with Crippen LogP contribution in [0.15, 0.2) is 36.7 Å². The molecule has 0 saturated carbocycles. The SMILES string of the molecule is Cl.Cn1ccnc1C1CNCCN1S(=O)(=O)Cc1ccccc1F. The van der Waals surface area contributed by atoms with E-state index in [1.807, 2.05) is 11.6 Å². The minimum absolute atomic E-state index is 0. The third kappa shape index (κ3) is 3.77. The van der Waals surface area contributed by atoms with Crippen molar-refractivity contribution in [2.75, 3.05) is 19.6 Å². The fourth-order valence-electron chi connectivity index (χ4n) is 2.83. The molecule has 24 heavy (non-hydrogen) atoms. The van der Waals surface area contributed by atoms with E-state index in [9.17, 15) is 12.8 Å². The van der Waals surface area contributed by atoms with Crippen LogP contribution < -0.4 is 5.32 Å². The van der Waals surface area contributed by atoms with Gasteiger partial charge in [-0.05, 0) is 6.07 Å². The number of halogens is 2. The van der Waals surface area contributed by atoms with E-state index in [0.717, 1.165) is 0 Å². The molecule has 1 unspecified atom stereocenters. The van der Waals surface area contributed by atoms with E-state index in [1.165, 1.54) is 16.4 Å². The molecule has 1 aromatic carbocycles. The standard InChI is InChI=1S/C15H19FN4O2S.ClH/c1-19-8-7-18-15(19)14-10-17-6-9-20(14)23(21,22)11-12-4-2-3-5-13(12)16;/h2-5,7-8,14,17H,6,9-11H2,1H3;1H. The molecule has 6 nitrogen and oxygen atoms in total. The van der Waals surface area contributed by atoms with Crippen molar-refractivity contribution in [3.8, 4) is 0 Å². The highest BCUT2D eigenvalue weighted by Gasteiger charge is 2.35. The van der Waals surface area contributed by atoms with Crippen LogP contribution in [0.4, 0.5) is 4.39 Å². The van der Waals surface area contributed by atoms with E-state index in [-0.39, 0.29) is 29.8 Å². The van der Waals surface area contributed by atoms with E-state index in [2.05, 4.69) is 10.3 Å². The summed E-state index contributed by atoms with van der Waals surface area (Å²) in [4.78, 5) is 4.27. The van der Waals surface area contributed by atoms with Crippen LogP contribution in [-0.2, 0) is 22.8 Å². The highest BCUT2D eigenvalue weighted by Crippen LogP contribution is 2.26. The van der Waals surface area contributed by atoms with Crippen LogP contribution in [0.3, 0.4) is 0 Å². The van der Waals surface area contributed by atoms with E-state index >= 15 is 0 Å². The molecule has 0 amide bonds. The number of aromatic nitrogens is 2. The number of sulfonamides is 1. The summed E-state index contributed by atoms with van der Waals surface area (Å²) in [5, 5.41) is 3.19. The van der Waals surface area contributed by atoms with E-state index in [0.29, 0.717) is 25.5 Å². The maximum absolute atomic E-state index is 13.8. The summed E-state index contributed by atoms with van der Waals surface area (Å²) < 4.78 is 42.7. The van der Waals surface area contributed by atoms with Crippen molar-refractivity contribution in [3.05, 3.63) is 53.9 Å². The number of nitrogens with one attached hydrogen (secondary N) is 1. The van der Waals surface area contributed by atoms with Crippen LogP contribution >= 0.6 is 12.4 Å². The van der Waals surface area contributed by atoms with Gasteiger partial charge in [-0.3, -0.25) is 0 Å². The Morgan fingerprint density at radius 1 is 1.38 bits per heavy atom. The van der Waals surface area contributed by atoms with Crippen molar-refractivity contribution in [2.24, 2.45) is 7.05 Å². The molecular weight excluding hydrogens is 355 g/mol. The lowest BCUT2D eigenvalue weighted by Gasteiger charge is -2.34. The second-order valence-electron chi connectivity index (χ2n) is 5.57. The number of benzene rings is 1. The summed E-state index contributed by atoms with van der Waals surface area (Å²) in [6.45, 7) is 1.40. The van der Waals surface area contributed by atoms with Crippen LogP contribution in [-0.4, -0.2) is 41.9 Å². The number of hydrogen-bond acceptors (Lipinski definition) is 4. The zero-order valence-electron chi connectivity index (χ0n) is 13.2. The molecule has 2 heterocycles. The zero-order valence-corrected chi connectivity index (χ0v) is 14.9. The van der Waals surface area contributed by atoms with Crippen molar-refractivity contribution >= 4 is 22.4 Å². The number of aryl methyl sites for hydroxylation is 1. The summed E-state index contributed by atoms with van der Waals surface area (Å²) in [5.41, 5.74) is 0.185. The fraction of sp³-hybridized carbons (Fsp3) is 0.400. The Bertz CT molecular complexity index is 796. The molecule has 1 fully saturated rings. The van der Waals surface area contributed by atoms with Gasteiger partial charge in [0.25, 0.3) is 0 Å². The van der Waals surface area contributed by atoms with Gasteiger partial charge in [0.2, 0.25) is 10.0 Å². The molecule has 1 N–H and O–H groups in total. The Balaban J connectivity index is 0.00000208. The van der Waals surface area contributed by atoms with Crippen LogP contribution in [0.5, 0.6) is 0 Å². The predicted molar refractivity (Wildman–Crippen MR) is 91.8 cm³/mol. The van der Waals surface area contributed by atoms with Crippen molar-refractivity contribution in [3.63, 3.8) is 0 Å². The molecule has 1 aromatic heterocycles. The van der Waals surface area contributed by atoms with Gasteiger partial charge in [0.1, 0.15) is 11.6 Å². The first kappa shape index (κ1) is 18.9. The normalized spacial score (nSPS) is 19.0.